The molecule has 1 saturated carbocycles. The highest BCUT2D eigenvalue weighted by Gasteiger charge is 2.36. The van der Waals surface area contributed by atoms with Gasteiger partial charge in [0.25, 0.3) is 0 Å². The number of fused-ring (bicyclic) bond motifs is 1. The molecule has 1 fully saturated rings. The van der Waals surface area contributed by atoms with Crippen molar-refractivity contribution in [3.8, 4) is 0 Å². The van der Waals surface area contributed by atoms with Gasteiger partial charge in [-0.1, -0.05) is 29.3 Å². The number of hydrogen-bond donors (Lipinski definition) is 1. The van der Waals surface area contributed by atoms with Crippen LogP contribution in [0.5, 0.6) is 0 Å². The maximum atomic E-state index is 13.5. The topological polar surface area (TPSA) is 75.7 Å². The predicted molar refractivity (Wildman–Crippen MR) is 116 cm³/mol. The highest BCUT2D eigenvalue weighted by Crippen LogP contribution is 2.44. The molecule has 0 radical (unpaired) electrons. The van der Waals surface area contributed by atoms with Gasteiger partial charge in [0.2, 0.25) is 11.7 Å². The molecule has 3 aromatic rings. The molecule has 31 heavy (non-hydrogen) atoms. The van der Waals surface area contributed by atoms with Gasteiger partial charge in [0, 0.05) is 30.5 Å². The van der Waals surface area contributed by atoms with Gasteiger partial charge in [-0.25, -0.2) is 4.79 Å². The van der Waals surface area contributed by atoms with E-state index in [4.69, 9.17) is 27.6 Å². The number of carbonyl (C=O) groups is 2. The second-order valence-electron chi connectivity index (χ2n) is 8.04. The van der Waals surface area contributed by atoms with Crippen molar-refractivity contribution in [2.24, 2.45) is 0 Å². The average Bonchev–Trinajstić information content (AvgIpc) is 3.31. The largest absolute Gasteiger partial charge is 0.475 e. The van der Waals surface area contributed by atoms with Crippen LogP contribution in [-0.4, -0.2) is 33.0 Å². The van der Waals surface area contributed by atoms with Gasteiger partial charge in [0.15, 0.2) is 0 Å². The summed E-state index contributed by atoms with van der Waals surface area (Å²) in [5.41, 5.74) is 3.17. The SMILES string of the molecule is O=C(O)c1occ(C2CC2)c1CC(=O)N1CCn2cccc2C1c1ccc(Cl)c(Cl)c1. The van der Waals surface area contributed by atoms with E-state index < -0.39 is 5.97 Å². The van der Waals surface area contributed by atoms with E-state index in [1.54, 1.807) is 17.0 Å². The van der Waals surface area contributed by atoms with Crippen LogP contribution in [-0.2, 0) is 17.8 Å². The van der Waals surface area contributed by atoms with Crippen molar-refractivity contribution in [3.05, 3.63) is 81.0 Å². The van der Waals surface area contributed by atoms with Crippen LogP contribution >= 0.6 is 23.2 Å². The van der Waals surface area contributed by atoms with Crippen LogP contribution in [0.15, 0.2) is 47.2 Å². The smallest absolute Gasteiger partial charge is 0.372 e. The Morgan fingerprint density at radius 1 is 1.13 bits per heavy atom. The minimum Gasteiger partial charge on any atom is -0.475 e. The lowest BCUT2D eigenvalue weighted by atomic mass is 9.97. The summed E-state index contributed by atoms with van der Waals surface area (Å²) >= 11 is 12.4. The van der Waals surface area contributed by atoms with E-state index in [0.717, 1.165) is 29.7 Å². The normalized spacial score (nSPS) is 18.1. The Labute approximate surface area is 189 Å². The first-order valence-electron chi connectivity index (χ1n) is 10.2. The predicted octanol–water partition coefficient (Wildman–Crippen LogP) is 5.14. The molecule has 0 spiro atoms. The molecule has 1 aliphatic heterocycles. The molecule has 3 heterocycles. The van der Waals surface area contributed by atoms with Crippen LogP contribution in [0.4, 0.5) is 0 Å². The van der Waals surface area contributed by atoms with E-state index in [1.165, 1.54) is 6.26 Å². The standard InChI is InChI=1S/C23H20Cl2N2O4/c24-17-6-5-14(10-18(17)25)21-19-2-1-7-26(19)8-9-27(21)20(28)11-15-16(13-3-4-13)12-31-22(15)23(29)30/h1-2,5-7,10,12-13,21H,3-4,8-9,11H2,(H,29,30). The molecular formula is C23H20Cl2N2O4. The van der Waals surface area contributed by atoms with Crippen LogP contribution in [0, 0.1) is 0 Å². The first-order chi connectivity index (χ1) is 14.9. The van der Waals surface area contributed by atoms with Gasteiger partial charge in [0.05, 0.1) is 28.8 Å². The highest BCUT2D eigenvalue weighted by molar-refractivity contribution is 6.42. The second-order valence-corrected chi connectivity index (χ2v) is 8.86. The molecule has 1 N–H and O–H groups in total. The first kappa shape index (κ1) is 20.2. The summed E-state index contributed by atoms with van der Waals surface area (Å²) in [5.74, 6) is -1.15. The van der Waals surface area contributed by atoms with Crippen LogP contribution in [0.25, 0.3) is 0 Å². The Morgan fingerprint density at radius 2 is 1.94 bits per heavy atom. The fourth-order valence-corrected chi connectivity index (χ4v) is 4.74. The number of halogens is 2. The number of nitrogens with zero attached hydrogens (tertiary/aromatic N) is 2. The average molecular weight is 459 g/mol. The van der Waals surface area contributed by atoms with Gasteiger partial charge in [-0.15, -0.1) is 0 Å². The third kappa shape index (κ3) is 3.64. The van der Waals surface area contributed by atoms with Gasteiger partial charge < -0.3 is 19.0 Å². The summed E-state index contributed by atoms with van der Waals surface area (Å²) in [7, 11) is 0. The van der Waals surface area contributed by atoms with Crippen molar-refractivity contribution in [2.75, 3.05) is 6.54 Å². The molecule has 6 nitrogen and oxygen atoms in total. The first-order valence-corrected chi connectivity index (χ1v) is 10.9. The zero-order valence-corrected chi connectivity index (χ0v) is 18.1. The van der Waals surface area contributed by atoms with Crippen molar-refractivity contribution >= 4 is 35.1 Å². The number of carbonyl (C=O) groups excluding carboxylic acids is 1. The van der Waals surface area contributed by atoms with Gasteiger partial charge in [-0.3, -0.25) is 4.79 Å². The van der Waals surface area contributed by atoms with Crippen molar-refractivity contribution < 1.29 is 19.1 Å². The number of aromatic carboxylic acids is 1. The number of rotatable bonds is 5. The number of aromatic nitrogens is 1. The molecule has 0 saturated heterocycles. The monoisotopic (exact) mass is 458 g/mol. The van der Waals surface area contributed by atoms with E-state index in [9.17, 15) is 14.7 Å². The van der Waals surface area contributed by atoms with E-state index in [0.29, 0.717) is 28.7 Å². The van der Waals surface area contributed by atoms with Crippen LogP contribution in [0.1, 0.15) is 57.7 Å². The Bertz CT molecular complexity index is 1180. The molecule has 1 unspecified atom stereocenters. The van der Waals surface area contributed by atoms with Gasteiger partial charge in [-0.05, 0) is 54.2 Å². The van der Waals surface area contributed by atoms with Crippen LogP contribution < -0.4 is 0 Å². The molecule has 1 aromatic carbocycles. The number of carboxylic acid groups (broad SMARTS) is 1. The number of furan rings is 1. The summed E-state index contributed by atoms with van der Waals surface area (Å²) < 4.78 is 7.44. The Kier molecular flexibility index (Phi) is 5.07. The molecule has 1 amide bonds. The van der Waals surface area contributed by atoms with Crippen molar-refractivity contribution in [3.63, 3.8) is 0 Å². The Balaban J connectivity index is 1.51. The minimum absolute atomic E-state index is 0.0114. The minimum atomic E-state index is -1.15. The molecule has 8 heteroatoms. The second kappa shape index (κ2) is 7.77. The number of benzene rings is 1. The van der Waals surface area contributed by atoms with E-state index in [-0.39, 0.29) is 30.0 Å². The fraction of sp³-hybridized carbons (Fsp3) is 0.304. The number of amides is 1. The van der Waals surface area contributed by atoms with Crippen LogP contribution in [0.2, 0.25) is 10.0 Å². The lowest BCUT2D eigenvalue weighted by Gasteiger charge is -2.37. The van der Waals surface area contributed by atoms with Gasteiger partial charge in [0.1, 0.15) is 0 Å². The van der Waals surface area contributed by atoms with E-state index >= 15 is 0 Å². The van der Waals surface area contributed by atoms with Crippen molar-refractivity contribution in [1.29, 1.82) is 0 Å². The fourth-order valence-electron chi connectivity index (χ4n) is 4.43. The number of hydrogen-bond acceptors (Lipinski definition) is 3. The van der Waals surface area contributed by atoms with E-state index in [2.05, 4.69) is 4.57 Å². The number of carboxylic acids is 1. The van der Waals surface area contributed by atoms with Crippen molar-refractivity contribution in [2.45, 2.75) is 37.8 Å². The van der Waals surface area contributed by atoms with Gasteiger partial charge >= 0.3 is 5.97 Å². The third-order valence-corrected chi connectivity index (χ3v) is 6.82. The zero-order chi connectivity index (χ0) is 21.7. The zero-order valence-electron chi connectivity index (χ0n) is 16.6. The third-order valence-electron chi connectivity index (χ3n) is 6.08. The summed E-state index contributed by atoms with van der Waals surface area (Å²) in [5, 5.41) is 10.4. The maximum absolute atomic E-state index is 13.5. The molecule has 1 aliphatic carbocycles. The summed E-state index contributed by atoms with van der Waals surface area (Å²) in [6.07, 6.45) is 5.46. The molecule has 1 atom stereocenters. The molecule has 0 bridgehead atoms. The molecule has 5 rings (SSSR count). The Morgan fingerprint density at radius 3 is 2.65 bits per heavy atom. The van der Waals surface area contributed by atoms with E-state index in [1.807, 2.05) is 24.4 Å². The van der Waals surface area contributed by atoms with Crippen LogP contribution in [0.3, 0.4) is 0 Å². The van der Waals surface area contributed by atoms with Crippen molar-refractivity contribution in [1.82, 2.24) is 9.47 Å². The molecule has 2 aliphatic rings. The maximum Gasteiger partial charge on any atom is 0.372 e. The van der Waals surface area contributed by atoms with Gasteiger partial charge in [-0.2, -0.15) is 0 Å². The lowest BCUT2D eigenvalue weighted by molar-refractivity contribution is -0.133. The summed E-state index contributed by atoms with van der Waals surface area (Å²) in [4.78, 5) is 27.0. The highest BCUT2D eigenvalue weighted by atomic mass is 35.5. The summed E-state index contributed by atoms with van der Waals surface area (Å²) in [6, 6.07) is 9.00. The quantitative estimate of drug-likeness (QED) is 0.574. The molecule has 2 aromatic heterocycles. The molecule has 160 valence electrons. The molecular weight excluding hydrogens is 439 g/mol. The Hall–Kier alpha value is -2.70. The lowest BCUT2D eigenvalue weighted by Crippen LogP contribution is -2.43. The summed E-state index contributed by atoms with van der Waals surface area (Å²) in [6.45, 7) is 1.17.